The largest absolute Gasteiger partial charge is 0.307 e. The zero-order chi connectivity index (χ0) is 17.8. The molecule has 9 heteroatoms. The first-order chi connectivity index (χ1) is 12.0. The summed E-state index contributed by atoms with van der Waals surface area (Å²) in [5.41, 5.74) is 2.74. The average molecular weight is 337 g/mol. The minimum absolute atomic E-state index is 0.0425. The number of hydrogen-bond acceptors (Lipinski definition) is 6. The van der Waals surface area contributed by atoms with Crippen molar-refractivity contribution in [3.8, 4) is 0 Å². The van der Waals surface area contributed by atoms with Gasteiger partial charge in [0.05, 0.1) is 22.0 Å². The summed E-state index contributed by atoms with van der Waals surface area (Å²) >= 11 is 0. The van der Waals surface area contributed by atoms with E-state index in [4.69, 9.17) is 0 Å². The van der Waals surface area contributed by atoms with Gasteiger partial charge < -0.3 is 4.98 Å². The SMILES string of the molecule is O=C(N/N=C/c1ccc([N+](=O)[O-])cc1)c1nc2ccccc2c(=O)[nH]1. The number of nitro benzene ring substituents is 1. The number of nitrogens with zero attached hydrogens (tertiary/aromatic N) is 3. The number of aromatic amines is 1. The van der Waals surface area contributed by atoms with Crippen molar-refractivity contribution >= 4 is 28.7 Å². The predicted molar refractivity (Wildman–Crippen MR) is 90.5 cm³/mol. The maximum atomic E-state index is 12.0. The monoisotopic (exact) mass is 337 g/mol. The molecule has 0 atom stereocenters. The van der Waals surface area contributed by atoms with E-state index >= 15 is 0 Å². The third kappa shape index (κ3) is 3.55. The number of para-hydroxylation sites is 1. The fourth-order valence-corrected chi connectivity index (χ4v) is 2.09. The van der Waals surface area contributed by atoms with Gasteiger partial charge in [-0.3, -0.25) is 19.7 Å². The molecule has 2 N–H and O–H groups in total. The van der Waals surface area contributed by atoms with Gasteiger partial charge in [0.1, 0.15) is 0 Å². The van der Waals surface area contributed by atoms with E-state index < -0.39 is 16.4 Å². The van der Waals surface area contributed by atoms with Crippen LogP contribution >= 0.6 is 0 Å². The third-order valence-electron chi connectivity index (χ3n) is 3.31. The number of hydrogen-bond donors (Lipinski definition) is 2. The molecule has 0 spiro atoms. The lowest BCUT2D eigenvalue weighted by molar-refractivity contribution is -0.384. The molecule has 2 aromatic carbocycles. The number of hydrazone groups is 1. The van der Waals surface area contributed by atoms with Gasteiger partial charge in [0.2, 0.25) is 5.82 Å². The molecule has 0 radical (unpaired) electrons. The molecule has 25 heavy (non-hydrogen) atoms. The number of benzene rings is 2. The molecule has 3 rings (SSSR count). The minimum atomic E-state index is -0.680. The maximum absolute atomic E-state index is 12.0. The van der Waals surface area contributed by atoms with Gasteiger partial charge in [-0.25, -0.2) is 10.4 Å². The van der Waals surface area contributed by atoms with E-state index in [1.165, 1.54) is 30.5 Å². The van der Waals surface area contributed by atoms with Crippen LogP contribution in [0.5, 0.6) is 0 Å². The molecule has 0 unspecified atom stereocenters. The van der Waals surface area contributed by atoms with Gasteiger partial charge in [0.25, 0.3) is 11.2 Å². The summed E-state index contributed by atoms with van der Waals surface area (Å²) in [4.78, 5) is 40.5. The van der Waals surface area contributed by atoms with Gasteiger partial charge >= 0.3 is 5.91 Å². The molecule has 1 aromatic heterocycles. The zero-order valence-electron chi connectivity index (χ0n) is 12.7. The Hall–Kier alpha value is -3.88. The first kappa shape index (κ1) is 16.0. The lowest BCUT2D eigenvalue weighted by atomic mass is 10.2. The van der Waals surface area contributed by atoms with Gasteiger partial charge in [-0.15, -0.1) is 0 Å². The van der Waals surface area contributed by atoms with Crippen molar-refractivity contribution in [3.05, 3.63) is 80.4 Å². The molecule has 3 aromatic rings. The van der Waals surface area contributed by atoms with Crippen LogP contribution in [0, 0.1) is 10.1 Å². The molecular weight excluding hydrogens is 326 g/mol. The van der Waals surface area contributed by atoms with Crippen molar-refractivity contribution < 1.29 is 9.72 Å². The van der Waals surface area contributed by atoms with Crippen LogP contribution in [-0.2, 0) is 0 Å². The van der Waals surface area contributed by atoms with Crippen LogP contribution in [0.4, 0.5) is 5.69 Å². The number of rotatable bonds is 4. The van der Waals surface area contributed by atoms with Crippen LogP contribution in [0.1, 0.15) is 16.2 Å². The van der Waals surface area contributed by atoms with Crippen LogP contribution in [0.3, 0.4) is 0 Å². The number of nitro groups is 1. The molecule has 1 heterocycles. The standard InChI is InChI=1S/C16H11N5O4/c22-15-12-3-1-2-4-13(12)18-14(19-15)16(23)20-17-9-10-5-7-11(8-6-10)21(24)25/h1-9H,(H,20,23)(H,18,19,22)/b17-9+. The average Bonchev–Trinajstić information content (AvgIpc) is 2.62. The smallest absolute Gasteiger partial charge is 0.302 e. The molecule has 0 fully saturated rings. The lowest BCUT2D eigenvalue weighted by Gasteiger charge is -2.01. The first-order valence-electron chi connectivity index (χ1n) is 7.11. The Morgan fingerprint density at radius 2 is 1.92 bits per heavy atom. The molecule has 0 bridgehead atoms. The van der Waals surface area contributed by atoms with Crippen LogP contribution in [-0.4, -0.2) is 27.0 Å². The summed E-state index contributed by atoms with van der Waals surface area (Å²) in [5, 5.41) is 14.7. The second kappa shape index (κ2) is 6.71. The Balaban J connectivity index is 1.74. The molecule has 0 aliphatic heterocycles. The number of nitrogens with one attached hydrogen (secondary N) is 2. The Morgan fingerprint density at radius 3 is 2.64 bits per heavy atom. The van der Waals surface area contributed by atoms with Gasteiger partial charge in [0.15, 0.2) is 0 Å². The molecule has 9 nitrogen and oxygen atoms in total. The molecule has 1 amide bonds. The van der Waals surface area contributed by atoms with Gasteiger partial charge in [0, 0.05) is 12.1 Å². The van der Waals surface area contributed by atoms with Crippen molar-refractivity contribution in [1.82, 2.24) is 15.4 Å². The number of aromatic nitrogens is 2. The summed E-state index contributed by atoms with van der Waals surface area (Å²) in [5.74, 6) is -0.842. The summed E-state index contributed by atoms with van der Waals surface area (Å²) in [6.45, 7) is 0. The van der Waals surface area contributed by atoms with Crippen molar-refractivity contribution in [1.29, 1.82) is 0 Å². The van der Waals surface area contributed by atoms with Crippen LogP contribution in [0.15, 0.2) is 58.4 Å². The highest BCUT2D eigenvalue weighted by Crippen LogP contribution is 2.10. The number of carbonyl (C=O) groups is 1. The third-order valence-corrected chi connectivity index (χ3v) is 3.31. The van der Waals surface area contributed by atoms with Crippen LogP contribution in [0.2, 0.25) is 0 Å². The number of non-ortho nitro benzene ring substituents is 1. The topological polar surface area (TPSA) is 130 Å². The van der Waals surface area contributed by atoms with Gasteiger partial charge in [-0.2, -0.15) is 5.10 Å². The number of carbonyl (C=O) groups excluding carboxylic acids is 1. The van der Waals surface area contributed by atoms with E-state index in [-0.39, 0.29) is 11.5 Å². The van der Waals surface area contributed by atoms with E-state index in [1.807, 2.05) is 0 Å². The lowest BCUT2D eigenvalue weighted by Crippen LogP contribution is -2.24. The summed E-state index contributed by atoms with van der Waals surface area (Å²) < 4.78 is 0. The quantitative estimate of drug-likeness (QED) is 0.424. The van der Waals surface area contributed by atoms with Crippen molar-refractivity contribution in [2.75, 3.05) is 0 Å². The van der Waals surface area contributed by atoms with E-state index in [2.05, 4.69) is 20.5 Å². The van der Waals surface area contributed by atoms with E-state index in [9.17, 15) is 19.7 Å². The molecule has 0 aliphatic carbocycles. The van der Waals surface area contributed by atoms with Crippen molar-refractivity contribution in [2.24, 2.45) is 5.10 Å². The highest BCUT2D eigenvalue weighted by molar-refractivity contribution is 5.93. The molecule has 0 aliphatic rings. The highest BCUT2D eigenvalue weighted by atomic mass is 16.6. The second-order valence-electron chi connectivity index (χ2n) is 4.98. The Labute approximate surface area is 140 Å². The summed E-state index contributed by atoms with van der Waals surface area (Å²) in [6, 6.07) is 12.3. The van der Waals surface area contributed by atoms with Crippen molar-refractivity contribution in [3.63, 3.8) is 0 Å². The van der Waals surface area contributed by atoms with Gasteiger partial charge in [-0.05, 0) is 29.8 Å². The molecule has 0 saturated heterocycles. The van der Waals surface area contributed by atoms with Crippen LogP contribution in [0.25, 0.3) is 10.9 Å². The molecule has 0 saturated carbocycles. The fraction of sp³-hybridized carbons (Fsp3) is 0. The summed E-state index contributed by atoms with van der Waals surface area (Å²) in [7, 11) is 0. The van der Waals surface area contributed by atoms with E-state index in [0.29, 0.717) is 16.5 Å². The van der Waals surface area contributed by atoms with Crippen LogP contribution < -0.4 is 11.0 Å². The maximum Gasteiger partial charge on any atom is 0.307 e. The van der Waals surface area contributed by atoms with E-state index in [0.717, 1.165) is 0 Å². The Bertz CT molecular complexity index is 1040. The predicted octanol–water partition coefficient (Wildman–Crippen LogP) is 1.60. The molecular formula is C16H11N5O4. The number of H-pyrrole nitrogens is 1. The summed E-state index contributed by atoms with van der Waals surface area (Å²) in [6.07, 6.45) is 1.32. The van der Waals surface area contributed by atoms with Gasteiger partial charge in [-0.1, -0.05) is 12.1 Å². The highest BCUT2D eigenvalue weighted by Gasteiger charge is 2.10. The van der Waals surface area contributed by atoms with Crippen molar-refractivity contribution in [2.45, 2.75) is 0 Å². The first-order valence-corrected chi connectivity index (χ1v) is 7.11. The number of fused-ring (bicyclic) bond motifs is 1. The zero-order valence-corrected chi connectivity index (χ0v) is 12.7. The van der Waals surface area contributed by atoms with E-state index in [1.54, 1.807) is 24.3 Å². The second-order valence-corrected chi connectivity index (χ2v) is 4.98. The normalized spacial score (nSPS) is 10.9. The minimum Gasteiger partial charge on any atom is -0.302 e. The number of amides is 1. The Kier molecular flexibility index (Phi) is 4.29. The Morgan fingerprint density at radius 1 is 1.20 bits per heavy atom. The molecule has 124 valence electrons. The fourth-order valence-electron chi connectivity index (χ4n) is 2.09.